The van der Waals surface area contributed by atoms with Crippen molar-refractivity contribution in [3.05, 3.63) is 52.4 Å². The number of hydrogen-bond acceptors (Lipinski definition) is 4. The summed E-state index contributed by atoms with van der Waals surface area (Å²) in [4.78, 5) is 8.66. The molecule has 0 aliphatic rings. The molecule has 1 unspecified atom stereocenters. The molecule has 2 rings (SSSR count). The van der Waals surface area contributed by atoms with E-state index >= 15 is 0 Å². The van der Waals surface area contributed by atoms with Crippen molar-refractivity contribution in [2.75, 3.05) is 13.7 Å². The van der Waals surface area contributed by atoms with Gasteiger partial charge in [0.1, 0.15) is 5.69 Å². The predicted octanol–water partition coefficient (Wildman–Crippen LogP) is 3.14. The summed E-state index contributed by atoms with van der Waals surface area (Å²) in [5.41, 5.74) is 2.07. The zero-order chi connectivity index (χ0) is 14.4. The van der Waals surface area contributed by atoms with Gasteiger partial charge in [-0.25, -0.2) is 4.98 Å². The van der Waals surface area contributed by atoms with Crippen LogP contribution in [0.5, 0.6) is 5.88 Å². The van der Waals surface area contributed by atoms with Gasteiger partial charge in [0, 0.05) is 16.9 Å². The normalized spacial score (nSPS) is 12.2. The van der Waals surface area contributed by atoms with Gasteiger partial charge in [-0.05, 0) is 24.6 Å². The Kier molecular flexibility index (Phi) is 5.49. The summed E-state index contributed by atoms with van der Waals surface area (Å²) >= 11 is 3.59. The second kappa shape index (κ2) is 7.36. The van der Waals surface area contributed by atoms with Crippen LogP contribution in [0, 0.1) is 0 Å². The summed E-state index contributed by atoms with van der Waals surface area (Å²) in [6, 6.07) is 8.28. The van der Waals surface area contributed by atoms with E-state index in [-0.39, 0.29) is 6.04 Å². The second-order valence-corrected chi connectivity index (χ2v) is 5.21. The third-order valence-corrected chi connectivity index (χ3v) is 3.82. The average molecular weight is 336 g/mol. The Morgan fingerprint density at radius 2 is 2.00 bits per heavy atom. The van der Waals surface area contributed by atoms with E-state index in [1.54, 1.807) is 19.5 Å². The molecule has 0 aliphatic carbocycles. The third kappa shape index (κ3) is 3.55. The Balaban J connectivity index is 2.29. The molecule has 0 bridgehead atoms. The smallest absolute Gasteiger partial charge is 0.237 e. The van der Waals surface area contributed by atoms with E-state index in [1.165, 1.54) is 5.56 Å². The van der Waals surface area contributed by atoms with Crippen LogP contribution < -0.4 is 10.1 Å². The lowest BCUT2D eigenvalue weighted by Crippen LogP contribution is -2.25. The van der Waals surface area contributed by atoms with Crippen molar-refractivity contribution in [2.24, 2.45) is 0 Å². The molecule has 1 atom stereocenters. The van der Waals surface area contributed by atoms with E-state index in [0.29, 0.717) is 5.88 Å². The lowest BCUT2D eigenvalue weighted by Gasteiger charge is -2.19. The second-order valence-electron chi connectivity index (χ2n) is 4.36. The van der Waals surface area contributed by atoms with Crippen molar-refractivity contribution < 1.29 is 4.74 Å². The first-order chi connectivity index (χ1) is 9.76. The molecule has 1 N–H and O–H groups in total. The summed E-state index contributed by atoms with van der Waals surface area (Å²) in [7, 11) is 1.62. The number of ether oxygens (including phenoxy) is 1. The monoisotopic (exact) mass is 335 g/mol. The van der Waals surface area contributed by atoms with Gasteiger partial charge >= 0.3 is 0 Å². The van der Waals surface area contributed by atoms with Crippen molar-refractivity contribution >= 4 is 15.9 Å². The Hall–Kier alpha value is -1.46. The number of halogens is 1. The number of aromatic nitrogens is 2. The lowest BCUT2D eigenvalue weighted by atomic mass is 10.0. The number of nitrogens with zero attached hydrogens (tertiary/aromatic N) is 2. The molecule has 1 aromatic heterocycles. The predicted molar refractivity (Wildman–Crippen MR) is 82.8 cm³/mol. The van der Waals surface area contributed by atoms with Gasteiger partial charge in [-0.1, -0.05) is 41.1 Å². The molecule has 20 heavy (non-hydrogen) atoms. The minimum Gasteiger partial charge on any atom is -0.480 e. The van der Waals surface area contributed by atoms with E-state index in [9.17, 15) is 0 Å². The van der Waals surface area contributed by atoms with Gasteiger partial charge in [0.05, 0.1) is 13.2 Å². The highest BCUT2D eigenvalue weighted by Gasteiger charge is 2.19. The highest BCUT2D eigenvalue weighted by Crippen LogP contribution is 2.26. The largest absolute Gasteiger partial charge is 0.480 e. The van der Waals surface area contributed by atoms with Crippen molar-refractivity contribution in [2.45, 2.75) is 19.4 Å². The van der Waals surface area contributed by atoms with E-state index in [2.05, 4.69) is 44.2 Å². The van der Waals surface area contributed by atoms with Crippen LogP contribution in [0.1, 0.15) is 24.2 Å². The first-order valence-corrected chi connectivity index (χ1v) is 7.37. The van der Waals surface area contributed by atoms with Crippen LogP contribution in [-0.2, 0) is 6.42 Å². The fraction of sp³-hybridized carbons (Fsp3) is 0.333. The molecular formula is C15H18BrN3O. The molecule has 0 aliphatic heterocycles. The van der Waals surface area contributed by atoms with E-state index in [0.717, 1.165) is 23.1 Å². The van der Waals surface area contributed by atoms with Gasteiger partial charge in [0.25, 0.3) is 0 Å². The van der Waals surface area contributed by atoms with E-state index in [1.807, 2.05) is 18.2 Å². The number of methoxy groups -OCH3 is 1. The number of likely N-dealkylation sites (N-methyl/N-ethyl adjacent to an activating group) is 1. The zero-order valence-electron chi connectivity index (χ0n) is 11.6. The topological polar surface area (TPSA) is 47.0 Å². The zero-order valence-corrected chi connectivity index (χ0v) is 13.2. The first-order valence-electron chi connectivity index (χ1n) is 6.58. The molecule has 0 spiro atoms. The summed E-state index contributed by atoms with van der Waals surface area (Å²) < 4.78 is 6.42. The molecule has 0 saturated heterocycles. The maximum absolute atomic E-state index is 5.32. The fourth-order valence-electron chi connectivity index (χ4n) is 2.13. The highest BCUT2D eigenvalue weighted by molar-refractivity contribution is 9.10. The summed E-state index contributed by atoms with van der Waals surface area (Å²) in [6.07, 6.45) is 4.16. The molecule has 5 heteroatoms. The van der Waals surface area contributed by atoms with Crippen molar-refractivity contribution in [3.8, 4) is 5.88 Å². The van der Waals surface area contributed by atoms with Gasteiger partial charge in [-0.15, -0.1) is 0 Å². The Morgan fingerprint density at radius 1 is 1.25 bits per heavy atom. The van der Waals surface area contributed by atoms with Crippen molar-refractivity contribution in [1.29, 1.82) is 0 Å². The van der Waals surface area contributed by atoms with Gasteiger partial charge in [0.15, 0.2) is 0 Å². The lowest BCUT2D eigenvalue weighted by molar-refractivity contribution is 0.377. The molecular weight excluding hydrogens is 318 g/mol. The number of rotatable bonds is 6. The van der Waals surface area contributed by atoms with Crippen LogP contribution in [-0.4, -0.2) is 23.6 Å². The van der Waals surface area contributed by atoms with Crippen LogP contribution in [0.15, 0.2) is 41.1 Å². The summed E-state index contributed by atoms with van der Waals surface area (Å²) in [6.45, 7) is 2.94. The van der Waals surface area contributed by atoms with Crippen molar-refractivity contribution in [3.63, 3.8) is 0 Å². The molecule has 0 saturated carbocycles. The molecule has 4 nitrogen and oxygen atoms in total. The number of benzene rings is 1. The first kappa shape index (κ1) is 14.9. The Morgan fingerprint density at radius 3 is 2.70 bits per heavy atom. The molecule has 0 fully saturated rings. The van der Waals surface area contributed by atoms with Gasteiger partial charge in [-0.3, -0.25) is 4.98 Å². The van der Waals surface area contributed by atoms with E-state index in [4.69, 9.17) is 4.74 Å². The average Bonchev–Trinajstić information content (AvgIpc) is 2.49. The molecule has 1 heterocycles. The minimum atomic E-state index is 0.0716. The molecule has 106 valence electrons. The van der Waals surface area contributed by atoms with Crippen LogP contribution in [0.25, 0.3) is 0 Å². The summed E-state index contributed by atoms with van der Waals surface area (Å²) in [5, 5.41) is 3.45. The molecule has 0 radical (unpaired) electrons. The van der Waals surface area contributed by atoms with Crippen LogP contribution in [0.2, 0.25) is 0 Å². The maximum atomic E-state index is 5.32. The number of nitrogens with one attached hydrogen (secondary N) is 1. The fourth-order valence-corrected chi connectivity index (χ4v) is 2.57. The van der Waals surface area contributed by atoms with Crippen LogP contribution in [0.3, 0.4) is 0 Å². The molecule has 2 aromatic rings. The Labute approximate surface area is 127 Å². The van der Waals surface area contributed by atoms with Crippen molar-refractivity contribution in [1.82, 2.24) is 15.3 Å². The molecule has 1 aromatic carbocycles. The standard InChI is InChI=1S/C15H18BrN3O/c1-3-17-13(10-11-6-4-5-7-12(11)16)14-15(20-2)19-9-8-18-14/h4-9,13,17H,3,10H2,1-2H3. The van der Waals surface area contributed by atoms with Gasteiger partial charge < -0.3 is 10.1 Å². The summed E-state index contributed by atoms with van der Waals surface area (Å²) in [5.74, 6) is 0.575. The maximum Gasteiger partial charge on any atom is 0.237 e. The molecule has 0 amide bonds. The SMILES string of the molecule is CCNC(Cc1ccccc1Br)c1nccnc1OC. The van der Waals surface area contributed by atoms with Crippen LogP contribution in [0.4, 0.5) is 0 Å². The van der Waals surface area contributed by atoms with E-state index < -0.39 is 0 Å². The van der Waals surface area contributed by atoms with Gasteiger partial charge in [-0.2, -0.15) is 0 Å². The quantitative estimate of drug-likeness (QED) is 0.880. The van der Waals surface area contributed by atoms with Crippen LogP contribution >= 0.6 is 15.9 Å². The third-order valence-electron chi connectivity index (χ3n) is 3.05. The Bertz CT molecular complexity index is 562. The highest BCUT2D eigenvalue weighted by atomic mass is 79.9. The minimum absolute atomic E-state index is 0.0716. The number of hydrogen-bond donors (Lipinski definition) is 1. The van der Waals surface area contributed by atoms with Gasteiger partial charge in [0.2, 0.25) is 5.88 Å².